The van der Waals surface area contributed by atoms with E-state index in [2.05, 4.69) is 22.3 Å². The first kappa shape index (κ1) is 20.3. The van der Waals surface area contributed by atoms with Gasteiger partial charge in [-0.25, -0.2) is 4.79 Å². The lowest BCUT2D eigenvalue weighted by molar-refractivity contribution is 0.0763. The molecule has 1 aliphatic rings. The molecule has 0 unspecified atom stereocenters. The summed E-state index contributed by atoms with van der Waals surface area (Å²) in [7, 11) is 3.61. The molecule has 1 fully saturated rings. The Morgan fingerprint density at radius 3 is 2.68 bits per heavy atom. The average molecular weight is 384 g/mol. The highest BCUT2D eigenvalue weighted by Crippen LogP contribution is 2.14. The molecule has 0 radical (unpaired) electrons. The highest BCUT2D eigenvalue weighted by atomic mass is 16.5. The number of carbonyl (C=O) groups is 1. The first-order chi connectivity index (χ1) is 13.5. The van der Waals surface area contributed by atoms with Crippen molar-refractivity contribution in [2.75, 3.05) is 27.2 Å². The molecule has 1 saturated heterocycles. The van der Waals surface area contributed by atoms with Crippen LogP contribution in [0.15, 0.2) is 45.6 Å². The van der Waals surface area contributed by atoms with Crippen LogP contribution in [0.4, 0.5) is 0 Å². The second kappa shape index (κ2) is 9.17. The number of hydrogen-bond acceptors (Lipinski definition) is 5. The normalized spacial score (nSPS) is 19.7. The largest absolute Gasteiger partial charge is 0.427 e. The highest BCUT2D eigenvalue weighted by Gasteiger charge is 2.33. The van der Waals surface area contributed by atoms with Crippen molar-refractivity contribution in [1.82, 2.24) is 10.2 Å². The van der Waals surface area contributed by atoms with Crippen molar-refractivity contribution in [2.24, 2.45) is 0 Å². The first-order valence-electron chi connectivity index (χ1n) is 9.67. The third-order valence-electron chi connectivity index (χ3n) is 5.23. The van der Waals surface area contributed by atoms with Crippen LogP contribution in [0.5, 0.6) is 0 Å². The van der Waals surface area contributed by atoms with Crippen molar-refractivity contribution in [3.63, 3.8) is 0 Å². The zero-order valence-electron chi connectivity index (χ0n) is 16.7. The number of ether oxygens (including phenoxy) is 1. The molecule has 0 aliphatic carbocycles. The molecular formula is C22H28N2O4. The Labute approximate surface area is 165 Å². The fourth-order valence-corrected chi connectivity index (χ4v) is 3.76. The standard InChI is InChI=1S/C22H28N2O4/c1-15-12-17(11-7-10-16-8-5-4-6-9-16)28-22(26)20(15)21(25)23-18-13-24(2)14-19(18)27-3/h4-6,8-9,12,18-19H,7,10-11,13-14H2,1-3H3,(H,23,25)/t18-,19-/m0/s1. The number of nitrogens with one attached hydrogen (secondary N) is 1. The minimum Gasteiger partial charge on any atom is -0.427 e. The highest BCUT2D eigenvalue weighted by molar-refractivity contribution is 5.95. The van der Waals surface area contributed by atoms with Gasteiger partial charge in [-0.05, 0) is 44.0 Å². The fourth-order valence-electron chi connectivity index (χ4n) is 3.76. The molecule has 1 aromatic carbocycles. The first-order valence-corrected chi connectivity index (χ1v) is 9.67. The molecule has 0 saturated carbocycles. The van der Waals surface area contributed by atoms with Gasteiger partial charge in [0.2, 0.25) is 0 Å². The second-order valence-corrected chi connectivity index (χ2v) is 7.47. The number of rotatable bonds is 7. The Morgan fingerprint density at radius 1 is 1.25 bits per heavy atom. The van der Waals surface area contributed by atoms with Crippen LogP contribution in [0.25, 0.3) is 0 Å². The van der Waals surface area contributed by atoms with Crippen LogP contribution in [-0.2, 0) is 17.6 Å². The van der Waals surface area contributed by atoms with Gasteiger partial charge < -0.3 is 19.4 Å². The third-order valence-corrected chi connectivity index (χ3v) is 5.23. The summed E-state index contributed by atoms with van der Waals surface area (Å²) in [5, 5.41) is 2.93. The molecular weight excluding hydrogens is 356 g/mol. The van der Waals surface area contributed by atoms with Crippen LogP contribution in [0.3, 0.4) is 0 Å². The number of amides is 1. The maximum atomic E-state index is 12.7. The minimum atomic E-state index is -0.576. The Bertz CT molecular complexity index is 863. The summed E-state index contributed by atoms with van der Waals surface area (Å²) in [5.41, 5.74) is 1.40. The van der Waals surface area contributed by atoms with E-state index in [1.165, 1.54) is 5.56 Å². The van der Waals surface area contributed by atoms with Gasteiger partial charge in [-0.2, -0.15) is 0 Å². The molecule has 2 aromatic rings. The van der Waals surface area contributed by atoms with E-state index >= 15 is 0 Å². The number of carbonyl (C=O) groups excluding carboxylic acids is 1. The maximum Gasteiger partial charge on any atom is 0.349 e. The Balaban J connectivity index is 1.64. The summed E-state index contributed by atoms with van der Waals surface area (Å²) in [5.74, 6) is 0.217. The van der Waals surface area contributed by atoms with E-state index in [4.69, 9.17) is 9.15 Å². The summed E-state index contributed by atoms with van der Waals surface area (Å²) in [6.45, 7) is 3.21. The maximum absolute atomic E-state index is 12.7. The van der Waals surface area contributed by atoms with Gasteiger partial charge in [-0.1, -0.05) is 30.3 Å². The lowest BCUT2D eigenvalue weighted by Crippen LogP contribution is -2.45. The molecule has 1 N–H and O–H groups in total. The van der Waals surface area contributed by atoms with E-state index < -0.39 is 11.5 Å². The Hall–Kier alpha value is -2.44. The fraction of sp³-hybridized carbons (Fsp3) is 0.455. The SMILES string of the molecule is CO[C@H]1CN(C)C[C@@H]1NC(=O)c1c(C)cc(CCCc2ccccc2)oc1=O. The molecule has 1 aromatic heterocycles. The van der Waals surface area contributed by atoms with Crippen LogP contribution in [0.1, 0.15) is 33.7 Å². The van der Waals surface area contributed by atoms with Gasteiger partial charge in [0.25, 0.3) is 5.91 Å². The quantitative estimate of drug-likeness (QED) is 0.792. The number of likely N-dealkylation sites (N-methyl/N-ethyl adjacent to an activating group) is 1. The van der Waals surface area contributed by atoms with Gasteiger partial charge in [0.1, 0.15) is 11.3 Å². The van der Waals surface area contributed by atoms with Gasteiger partial charge >= 0.3 is 5.63 Å². The Kier molecular flexibility index (Phi) is 6.65. The lowest BCUT2D eigenvalue weighted by atomic mass is 10.1. The molecule has 0 bridgehead atoms. The van der Waals surface area contributed by atoms with E-state index in [0.29, 0.717) is 24.3 Å². The number of hydrogen-bond donors (Lipinski definition) is 1. The molecule has 2 atom stereocenters. The zero-order valence-corrected chi connectivity index (χ0v) is 16.7. The molecule has 6 heteroatoms. The van der Waals surface area contributed by atoms with Crippen molar-refractivity contribution in [3.8, 4) is 0 Å². The van der Waals surface area contributed by atoms with Gasteiger partial charge in [-0.15, -0.1) is 0 Å². The van der Waals surface area contributed by atoms with E-state index in [-0.39, 0.29) is 17.7 Å². The Morgan fingerprint density at radius 2 is 2.00 bits per heavy atom. The van der Waals surface area contributed by atoms with Crippen molar-refractivity contribution in [2.45, 2.75) is 38.3 Å². The summed E-state index contributed by atoms with van der Waals surface area (Å²) in [6, 6.07) is 11.9. The third kappa shape index (κ3) is 4.88. The number of benzene rings is 1. The summed E-state index contributed by atoms with van der Waals surface area (Å²) in [4.78, 5) is 27.2. The van der Waals surface area contributed by atoms with Gasteiger partial charge in [0.15, 0.2) is 0 Å². The van der Waals surface area contributed by atoms with Gasteiger partial charge in [0.05, 0.1) is 12.1 Å². The number of aryl methyl sites for hydroxylation is 3. The topological polar surface area (TPSA) is 71.8 Å². The molecule has 1 amide bonds. The van der Waals surface area contributed by atoms with Gasteiger partial charge in [0, 0.05) is 26.6 Å². The lowest BCUT2D eigenvalue weighted by Gasteiger charge is -2.18. The van der Waals surface area contributed by atoms with Crippen LogP contribution in [0, 0.1) is 6.92 Å². The van der Waals surface area contributed by atoms with Crippen LogP contribution >= 0.6 is 0 Å². The van der Waals surface area contributed by atoms with Crippen LogP contribution in [0.2, 0.25) is 0 Å². The summed E-state index contributed by atoms with van der Waals surface area (Å²) < 4.78 is 10.9. The van der Waals surface area contributed by atoms with Gasteiger partial charge in [-0.3, -0.25) is 4.79 Å². The van der Waals surface area contributed by atoms with Crippen LogP contribution in [-0.4, -0.2) is 50.2 Å². The van der Waals surface area contributed by atoms with E-state index in [1.807, 2.05) is 25.2 Å². The van der Waals surface area contributed by atoms with Crippen molar-refractivity contribution in [3.05, 3.63) is 69.3 Å². The molecule has 0 spiro atoms. The molecule has 2 heterocycles. The van der Waals surface area contributed by atoms with Crippen LogP contribution < -0.4 is 10.9 Å². The smallest absolute Gasteiger partial charge is 0.349 e. The predicted octanol–water partition coefficient (Wildman–Crippen LogP) is 2.18. The minimum absolute atomic E-state index is 0.0798. The van der Waals surface area contributed by atoms with E-state index in [1.54, 1.807) is 20.1 Å². The number of likely N-dealkylation sites (tertiary alicyclic amines) is 1. The van der Waals surface area contributed by atoms with E-state index in [9.17, 15) is 9.59 Å². The summed E-state index contributed by atoms with van der Waals surface area (Å²) >= 11 is 0. The molecule has 28 heavy (non-hydrogen) atoms. The van der Waals surface area contributed by atoms with Crippen molar-refractivity contribution >= 4 is 5.91 Å². The monoisotopic (exact) mass is 384 g/mol. The molecule has 1 aliphatic heterocycles. The molecule has 150 valence electrons. The summed E-state index contributed by atoms with van der Waals surface area (Å²) in [6.07, 6.45) is 2.37. The van der Waals surface area contributed by atoms with E-state index in [0.717, 1.165) is 19.4 Å². The average Bonchev–Trinajstić information content (AvgIpc) is 3.01. The predicted molar refractivity (Wildman–Crippen MR) is 108 cm³/mol. The van der Waals surface area contributed by atoms with Crippen molar-refractivity contribution < 1.29 is 13.9 Å². The number of methoxy groups -OCH3 is 1. The molecule has 6 nitrogen and oxygen atoms in total. The second-order valence-electron chi connectivity index (χ2n) is 7.47. The molecule has 3 rings (SSSR count). The van der Waals surface area contributed by atoms with Crippen molar-refractivity contribution in [1.29, 1.82) is 0 Å². The number of nitrogens with zero attached hydrogens (tertiary/aromatic N) is 1. The zero-order chi connectivity index (χ0) is 20.1.